The van der Waals surface area contributed by atoms with E-state index in [-0.39, 0.29) is 12.5 Å². The molecule has 0 fully saturated rings. The van der Waals surface area contributed by atoms with Gasteiger partial charge in [-0.15, -0.1) is 0 Å². The molecular formula is C11H16BrNO3. The molecule has 2 N–H and O–H groups in total. The molecule has 0 radical (unpaired) electrons. The third kappa shape index (κ3) is 3.64. The first-order valence-electron chi connectivity index (χ1n) is 5.20. The second-order valence-corrected chi connectivity index (χ2v) is 4.76. The maximum absolute atomic E-state index is 11.7. The fourth-order valence-electron chi connectivity index (χ4n) is 1.45. The monoisotopic (exact) mass is 289 g/mol. The quantitative estimate of drug-likeness (QED) is 0.874. The maximum Gasteiger partial charge on any atom is 0.255 e. The average molecular weight is 290 g/mol. The van der Waals surface area contributed by atoms with Crippen molar-refractivity contribution in [3.8, 4) is 0 Å². The lowest BCUT2D eigenvalue weighted by molar-refractivity contribution is 0.0469. The van der Waals surface area contributed by atoms with Crippen LogP contribution in [0.4, 0.5) is 0 Å². The number of hydrogen-bond donors (Lipinski definition) is 2. The van der Waals surface area contributed by atoms with Crippen molar-refractivity contribution in [2.75, 3.05) is 6.54 Å². The standard InChI is InChI=1S/C11H16BrNO3/c1-3-5-11(2,15)7-13-10(14)8-4-6-16-9(8)12/h4,6,15H,3,5,7H2,1-2H3,(H,13,14). The molecule has 0 saturated heterocycles. The Balaban J connectivity index is 2.51. The van der Waals surface area contributed by atoms with Gasteiger partial charge in [-0.05, 0) is 35.3 Å². The second kappa shape index (κ2) is 5.50. The van der Waals surface area contributed by atoms with E-state index in [1.54, 1.807) is 13.0 Å². The van der Waals surface area contributed by atoms with Crippen LogP contribution in [0.1, 0.15) is 37.0 Å². The number of nitrogens with one attached hydrogen (secondary N) is 1. The number of furan rings is 1. The summed E-state index contributed by atoms with van der Waals surface area (Å²) < 4.78 is 5.36. The Bertz CT molecular complexity index is 360. The van der Waals surface area contributed by atoms with Gasteiger partial charge in [0.15, 0.2) is 4.67 Å². The van der Waals surface area contributed by atoms with Gasteiger partial charge in [-0.2, -0.15) is 0 Å². The Kier molecular flexibility index (Phi) is 4.56. The van der Waals surface area contributed by atoms with Crippen LogP contribution in [0.2, 0.25) is 0 Å². The Morgan fingerprint density at radius 1 is 1.69 bits per heavy atom. The van der Waals surface area contributed by atoms with Gasteiger partial charge < -0.3 is 14.8 Å². The van der Waals surface area contributed by atoms with E-state index in [0.29, 0.717) is 16.7 Å². The molecule has 1 rings (SSSR count). The van der Waals surface area contributed by atoms with Gasteiger partial charge in [0.25, 0.3) is 5.91 Å². The Morgan fingerprint density at radius 2 is 2.38 bits per heavy atom. The number of aliphatic hydroxyl groups is 1. The van der Waals surface area contributed by atoms with Crippen molar-refractivity contribution in [3.63, 3.8) is 0 Å². The van der Waals surface area contributed by atoms with Crippen LogP contribution in [-0.4, -0.2) is 23.2 Å². The van der Waals surface area contributed by atoms with E-state index in [1.165, 1.54) is 6.26 Å². The minimum atomic E-state index is -0.860. The van der Waals surface area contributed by atoms with Crippen molar-refractivity contribution in [1.82, 2.24) is 5.32 Å². The van der Waals surface area contributed by atoms with Crippen molar-refractivity contribution >= 4 is 21.8 Å². The van der Waals surface area contributed by atoms with Crippen LogP contribution in [0.15, 0.2) is 21.4 Å². The van der Waals surface area contributed by atoms with Crippen LogP contribution in [-0.2, 0) is 0 Å². The summed E-state index contributed by atoms with van der Waals surface area (Å²) in [5, 5.41) is 12.6. The Morgan fingerprint density at radius 3 is 2.88 bits per heavy atom. The molecule has 5 heteroatoms. The highest BCUT2D eigenvalue weighted by Gasteiger charge is 2.21. The molecule has 1 unspecified atom stereocenters. The zero-order valence-corrected chi connectivity index (χ0v) is 11.0. The zero-order valence-electron chi connectivity index (χ0n) is 9.42. The van der Waals surface area contributed by atoms with Crippen molar-refractivity contribution < 1.29 is 14.3 Å². The number of amides is 1. The van der Waals surface area contributed by atoms with Gasteiger partial charge in [0.2, 0.25) is 0 Å². The third-order valence-corrected chi connectivity index (χ3v) is 2.90. The summed E-state index contributed by atoms with van der Waals surface area (Å²) in [6.07, 6.45) is 2.96. The van der Waals surface area contributed by atoms with Crippen molar-refractivity contribution in [1.29, 1.82) is 0 Å². The molecule has 0 spiro atoms. The van der Waals surface area contributed by atoms with Crippen molar-refractivity contribution in [2.45, 2.75) is 32.3 Å². The van der Waals surface area contributed by atoms with Crippen molar-refractivity contribution in [3.05, 3.63) is 22.6 Å². The highest BCUT2D eigenvalue weighted by molar-refractivity contribution is 9.10. The summed E-state index contributed by atoms with van der Waals surface area (Å²) in [6, 6.07) is 1.58. The molecule has 0 aliphatic carbocycles. The number of hydrogen-bond acceptors (Lipinski definition) is 3. The summed E-state index contributed by atoms with van der Waals surface area (Å²) >= 11 is 3.13. The first-order valence-corrected chi connectivity index (χ1v) is 5.99. The van der Waals surface area contributed by atoms with Crippen LogP contribution < -0.4 is 5.32 Å². The molecule has 0 aliphatic heterocycles. The van der Waals surface area contributed by atoms with Crippen LogP contribution in [0.5, 0.6) is 0 Å². The summed E-state index contributed by atoms with van der Waals surface area (Å²) in [6.45, 7) is 3.93. The zero-order chi connectivity index (χ0) is 12.2. The number of rotatable bonds is 5. The topological polar surface area (TPSA) is 62.5 Å². The smallest absolute Gasteiger partial charge is 0.255 e. The number of halogens is 1. The van der Waals surface area contributed by atoms with E-state index in [1.807, 2.05) is 6.92 Å². The van der Waals surface area contributed by atoms with Crippen LogP contribution in [0, 0.1) is 0 Å². The molecule has 4 nitrogen and oxygen atoms in total. The first kappa shape index (κ1) is 13.3. The summed E-state index contributed by atoms with van der Waals surface area (Å²) in [7, 11) is 0. The fraction of sp³-hybridized carbons (Fsp3) is 0.545. The molecule has 0 bridgehead atoms. The van der Waals surface area contributed by atoms with E-state index >= 15 is 0 Å². The van der Waals surface area contributed by atoms with Gasteiger partial charge in [0.1, 0.15) is 0 Å². The van der Waals surface area contributed by atoms with Gasteiger partial charge in [-0.3, -0.25) is 4.79 Å². The Labute approximate surface area is 103 Å². The van der Waals surface area contributed by atoms with Gasteiger partial charge >= 0.3 is 0 Å². The molecule has 90 valence electrons. The number of carbonyl (C=O) groups is 1. The van der Waals surface area contributed by atoms with Crippen LogP contribution in [0.3, 0.4) is 0 Å². The summed E-state index contributed by atoms with van der Waals surface area (Å²) in [4.78, 5) is 11.7. The molecule has 16 heavy (non-hydrogen) atoms. The van der Waals surface area contributed by atoms with Gasteiger partial charge in [-0.25, -0.2) is 0 Å². The highest BCUT2D eigenvalue weighted by atomic mass is 79.9. The minimum Gasteiger partial charge on any atom is -0.457 e. The molecule has 1 atom stereocenters. The largest absolute Gasteiger partial charge is 0.457 e. The fourth-order valence-corrected chi connectivity index (χ4v) is 1.87. The van der Waals surface area contributed by atoms with Gasteiger partial charge in [0.05, 0.1) is 17.4 Å². The van der Waals surface area contributed by atoms with E-state index in [2.05, 4.69) is 21.2 Å². The van der Waals surface area contributed by atoms with Crippen molar-refractivity contribution in [2.24, 2.45) is 0 Å². The second-order valence-electron chi connectivity index (χ2n) is 4.04. The van der Waals surface area contributed by atoms with Gasteiger partial charge in [0, 0.05) is 6.54 Å². The molecule has 1 amide bonds. The summed E-state index contributed by atoms with van der Waals surface area (Å²) in [5.41, 5.74) is -0.423. The van der Waals surface area contributed by atoms with E-state index < -0.39 is 5.60 Å². The van der Waals surface area contributed by atoms with Gasteiger partial charge in [-0.1, -0.05) is 13.3 Å². The lowest BCUT2D eigenvalue weighted by Gasteiger charge is -2.22. The predicted octanol–water partition coefficient (Wildman–Crippen LogP) is 2.32. The molecule has 1 heterocycles. The SMILES string of the molecule is CCCC(C)(O)CNC(=O)c1ccoc1Br. The first-order chi connectivity index (χ1) is 7.46. The minimum absolute atomic E-state index is 0.233. The highest BCUT2D eigenvalue weighted by Crippen LogP contribution is 2.17. The lowest BCUT2D eigenvalue weighted by Crippen LogP contribution is -2.40. The lowest BCUT2D eigenvalue weighted by atomic mass is 10.0. The molecule has 0 saturated carbocycles. The maximum atomic E-state index is 11.7. The van der Waals surface area contributed by atoms with E-state index in [4.69, 9.17) is 4.42 Å². The van der Waals surface area contributed by atoms with E-state index in [9.17, 15) is 9.90 Å². The molecule has 0 aromatic carbocycles. The number of carbonyl (C=O) groups excluding carboxylic acids is 1. The third-order valence-electron chi connectivity index (χ3n) is 2.28. The van der Waals surface area contributed by atoms with E-state index in [0.717, 1.165) is 6.42 Å². The Hall–Kier alpha value is -0.810. The molecule has 1 aromatic rings. The summed E-state index contributed by atoms with van der Waals surface area (Å²) in [5.74, 6) is -0.253. The molecular weight excluding hydrogens is 274 g/mol. The predicted molar refractivity (Wildman–Crippen MR) is 64.3 cm³/mol. The average Bonchev–Trinajstić information content (AvgIpc) is 2.61. The molecule has 0 aliphatic rings. The van der Waals surface area contributed by atoms with Crippen LogP contribution >= 0.6 is 15.9 Å². The molecule has 1 aromatic heterocycles. The van der Waals surface area contributed by atoms with Crippen LogP contribution in [0.25, 0.3) is 0 Å². The normalized spacial score (nSPS) is 14.5.